The number of nitrogens with one attached hydrogen (secondary N) is 2. The minimum Gasteiger partial charge on any atom is -0.458 e. The van der Waals surface area contributed by atoms with Crippen molar-refractivity contribution >= 4 is 23.8 Å². The van der Waals surface area contributed by atoms with Crippen LogP contribution in [-0.4, -0.2) is 69.0 Å². The summed E-state index contributed by atoms with van der Waals surface area (Å²) in [5, 5.41) is 26.5. The van der Waals surface area contributed by atoms with Crippen LogP contribution in [0.4, 0.5) is 4.39 Å². The summed E-state index contributed by atoms with van der Waals surface area (Å²) in [5.74, 6) is -6.35. The van der Waals surface area contributed by atoms with Gasteiger partial charge in [-0.15, -0.1) is 0 Å². The minimum atomic E-state index is -1.43. The molecule has 3 aliphatic carbocycles. The molecule has 1 aromatic heterocycles. The Labute approximate surface area is 283 Å². The van der Waals surface area contributed by atoms with Gasteiger partial charge in [0.25, 0.3) is 0 Å². The second kappa shape index (κ2) is 13.5. The van der Waals surface area contributed by atoms with Crippen molar-refractivity contribution in [2.24, 2.45) is 41.4 Å². The zero-order valence-electron chi connectivity index (χ0n) is 27.9. The minimum absolute atomic E-state index is 0.0293. The van der Waals surface area contributed by atoms with E-state index in [9.17, 15) is 33.8 Å². The van der Waals surface area contributed by atoms with Crippen LogP contribution in [0.3, 0.4) is 0 Å². The molecule has 2 aromatic rings. The van der Waals surface area contributed by atoms with Gasteiger partial charge in [0.1, 0.15) is 29.8 Å². The highest BCUT2D eigenvalue weighted by Gasteiger charge is 2.70. The smallest absolute Gasteiger partial charge is 0.397 e. The molecule has 4 aliphatic rings. The highest BCUT2D eigenvalue weighted by Crippen LogP contribution is 2.66. The maximum Gasteiger partial charge on any atom is 0.397 e. The number of allylic oxidation sites excluding steroid dienone is 1. The molecule has 11 nitrogen and oxygen atoms in total. The maximum absolute atomic E-state index is 14.0. The Kier molecular flexibility index (Phi) is 9.56. The number of ether oxygens (including phenoxy) is 3. The number of cyclic esters (lactones) is 1. The molecular formula is C37H43FN2O9. The van der Waals surface area contributed by atoms with E-state index in [2.05, 4.69) is 10.3 Å². The average molecular weight is 679 g/mol. The first-order valence-electron chi connectivity index (χ1n) is 16.9. The van der Waals surface area contributed by atoms with E-state index < -0.39 is 77.4 Å². The van der Waals surface area contributed by atoms with Crippen molar-refractivity contribution in [2.45, 2.75) is 77.1 Å². The number of carbonyl (C=O) groups excluding carboxylic acids is 4. The summed E-state index contributed by atoms with van der Waals surface area (Å²) >= 11 is 0. The van der Waals surface area contributed by atoms with Crippen LogP contribution >= 0.6 is 0 Å². The molecule has 49 heavy (non-hydrogen) atoms. The monoisotopic (exact) mass is 678 g/mol. The van der Waals surface area contributed by atoms with Gasteiger partial charge < -0.3 is 34.7 Å². The van der Waals surface area contributed by atoms with Crippen molar-refractivity contribution in [1.82, 2.24) is 10.3 Å². The van der Waals surface area contributed by atoms with Gasteiger partial charge in [-0.2, -0.15) is 0 Å². The number of aliphatic hydroxyl groups excluding tert-OH is 1. The number of benzene rings is 1. The van der Waals surface area contributed by atoms with Crippen molar-refractivity contribution < 1.29 is 48.0 Å². The van der Waals surface area contributed by atoms with Crippen LogP contribution in [0.15, 0.2) is 66.4 Å². The molecule has 0 radical (unpaired) electrons. The van der Waals surface area contributed by atoms with E-state index in [-0.39, 0.29) is 48.6 Å². The summed E-state index contributed by atoms with van der Waals surface area (Å²) in [6.45, 7) is 6.74. The summed E-state index contributed by atoms with van der Waals surface area (Å²) < 4.78 is 31.1. The molecule has 0 saturated heterocycles. The summed E-state index contributed by atoms with van der Waals surface area (Å²) in [6.07, 6.45) is 4.23. The third-order valence-corrected chi connectivity index (χ3v) is 11.2. The van der Waals surface area contributed by atoms with Gasteiger partial charge in [-0.25, -0.2) is 14.0 Å². The van der Waals surface area contributed by atoms with Crippen LogP contribution in [0.25, 0.3) is 0 Å². The van der Waals surface area contributed by atoms with Crippen molar-refractivity contribution in [3.8, 4) is 0 Å². The Balaban J connectivity index is 1.19. The second-order valence-corrected chi connectivity index (χ2v) is 14.0. The van der Waals surface area contributed by atoms with Crippen molar-refractivity contribution in [3.05, 3.63) is 83.5 Å². The largest absolute Gasteiger partial charge is 0.458 e. The predicted octanol–water partition coefficient (Wildman–Crippen LogP) is 3.62. The molecule has 6 rings (SSSR count). The van der Waals surface area contributed by atoms with Gasteiger partial charge in [-0.05, 0) is 55.9 Å². The van der Waals surface area contributed by atoms with Gasteiger partial charge in [-0.3, -0.25) is 9.59 Å². The number of aliphatic hydroxyl groups is 2. The molecule has 0 bridgehead atoms. The van der Waals surface area contributed by atoms with Gasteiger partial charge in [0.15, 0.2) is 0 Å². The van der Waals surface area contributed by atoms with Crippen LogP contribution < -0.4 is 5.32 Å². The van der Waals surface area contributed by atoms with Crippen LogP contribution in [0, 0.1) is 47.2 Å². The Hall–Kier alpha value is -4.29. The van der Waals surface area contributed by atoms with E-state index >= 15 is 0 Å². The number of aromatic nitrogens is 1. The molecule has 2 fully saturated rings. The lowest BCUT2D eigenvalue weighted by atomic mass is 9.46. The lowest BCUT2D eigenvalue weighted by Gasteiger charge is -2.61. The Morgan fingerprint density at radius 1 is 1.14 bits per heavy atom. The van der Waals surface area contributed by atoms with E-state index in [1.54, 1.807) is 37.4 Å². The quantitative estimate of drug-likeness (QED) is 0.155. The highest BCUT2D eigenvalue weighted by atomic mass is 19.1. The summed E-state index contributed by atoms with van der Waals surface area (Å²) in [4.78, 5) is 54.1. The molecule has 0 spiro atoms. The molecule has 1 aromatic carbocycles. The number of hydrogen-bond donors (Lipinski definition) is 4. The van der Waals surface area contributed by atoms with Crippen molar-refractivity contribution in [3.63, 3.8) is 0 Å². The normalized spacial score (nSPS) is 36.7. The van der Waals surface area contributed by atoms with E-state index in [1.807, 2.05) is 26.0 Å². The molecule has 2 saturated carbocycles. The number of hydrogen-bond acceptors (Lipinski definition) is 9. The fraction of sp³-hybridized carbons (Fsp3) is 0.514. The summed E-state index contributed by atoms with van der Waals surface area (Å²) in [6, 6.07) is 9.19. The first kappa shape index (κ1) is 34.6. The molecule has 2 heterocycles. The molecule has 262 valence electrons. The number of halogens is 1. The standard InChI is InChI=1S/C37H43FN2O9/c1-18-16-19(2)37(46)23(11-13-24-28-29(30(24)37)31(42)20(3)33(28)49-35(44)26-10-7-15-39-26)12-14-27(41)48-32(18)21(4)47-36(45)34(43)40-17-22-8-5-6-9-25(22)38/h5-11,13,15-16,18,20-21,23-24,28-33,39,42,46H,12,14,17H2,1-4H3,(H,40,43)/b19-16+/t18-,20-,21-,23-,24?,28+,29?,30?,31-,32+,33-,37+/m1/s1. The SMILES string of the molecule is C/C1=C\[C@@H](C)[C@@H]([C@@H](C)OC(=O)C(=O)NCc2ccccc2F)OC(=O)CC[C@H]2C=CC3C(C4[C@H]3[C@H](OC(=O)c3ccc[nH]3)[C@H](C)[C@H]4O)[C@]12O. The maximum atomic E-state index is 14.0. The average Bonchev–Trinajstić information content (AvgIpc) is 3.66. The Morgan fingerprint density at radius 2 is 1.90 bits per heavy atom. The van der Waals surface area contributed by atoms with Crippen LogP contribution in [0.2, 0.25) is 0 Å². The van der Waals surface area contributed by atoms with E-state index in [4.69, 9.17) is 14.2 Å². The number of rotatable bonds is 6. The third-order valence-electron chi connectivity index (χ3n) is 11.2. The van der Waals surface area contributed by atoms with E-state index in [0.29, 0.717) is 11.3 Å². The molecule has 12 atom stereocenters. The van der Waals surface area contributed by atoms with Gasteiger partial charge in [0, 0.05) is 54.3 Å². The number of H-pyrrole nitrogens is 1. The number of fused-ring (bicyclic) bond motifs is 6. The summed E-state index contributed by atoms with van der Waals surface area (Å²) in [5.41, 5.74) is -0.279. The number of aromatic amines is 1. The van der Waals surface area contributed by atoms with E-state index in [0.717, 1.165) is 0 Å². The van der Waals surface area contributed by atoms with Crippen molar-refractivity contribution in [2.75, 3.05) is 0 Å². The molecule has 12 heteroatoms. The van der Waals surface area contributed by atoms with Gasteiger partial charge in [-0.1, -0.05) is 50.3 Å². The number of esters is 3. The predicted molar refractivity (Wildman–Crippen MR) is 173 cm³/mol. The lowest BCUT2D eigenvalue weighted by molar-refractivity contribution is -0.180. The molecule has 3 unspecified atom stereocenters. The molecule has 1 amide bonds. The molecule has 4 N–H and O–H groups in total. The number of amides is 1. The zero-order chi connectivity index (χ0) is 35.2. The van der Waals surface area contributed by atoms with Crippen LogP contribution in [0.1, 0.15) is 56.6 Å². The second-order valence-electron chi connectivity index (χ2n) is 14.0. The third kappa shape index (κ3) is 6.20. The van der Waals surface area contributed by atoms with Crippen molar-refractivity contribution in [1.29, 1.82) is 0 Å². The first-order valence-corrected chi connectivity index (χ1v) is 16.9. The van der Waals surface area contributed by atoms with Gasteiger partial charge >= 0.3 is 23.8 Å². The zero-order valence-corrected chi connectivity index (χ0v) is 27.9. The molecular weight excluding hydrogens is 635 g/mol. The Morgan fingerprint density at radius 3 is 2.61 bits per heavy atom. The van der Waals surface area contributed by atoms with Gasteiger partial charge in [0.05, 0.1) is 11.7 Å². The number of carbonyl (C=O) groups is 4. The summed E-state index contributed by atoms with van der Waals surface area (Å²) in [7, 11) is 0. The first-order chi connectivity index (χ1) is 23.3. The fourth-order valence-electron chi connectivity index (χ4n) is 8.73. The van der Waals surface area contributed by atoms with E-state index in [1.165, 1.54) is 25.1 Å². The van der Waals surface area contributed by atoms with Gasteiger partial charge in [0.2, 0.25) is 0 Å². The van der Waals surface area contributed by atoms with Crippen LogP contribution in [0.5, 0.6) is 0 Å². The fourth-order valence-corrected chi connectivity index (χ4v) is 8.73. The molecule has 1 aliphatic heterocycles. The Bertz CT molecular complexity index is 1660. The highest BCUT2D eigenvalue weighted by molar-refractivity contribution is 6.32. The van der Waals surface area contributed by atoms with Crippen LogP contribution in [-0.2, 0) is 35.1 Å². The topological polar surface area (TPSA) is 164 Å². The lowest BCUT2D eigenvalue weighted by Crippen LogP contribution is -2.64.